The van der Waals surface area contributed by atoms with E-state index >= 15 is 0 Å². The molecular formula is C41H71N3O12. The quantitative estimate of drug-likeness (QED) is 0.0531. The first kappa shape index (κ1) is 49.1. The van der Waals surface area contributed by atoms with Gasteiger partial charge in [-0.2, -0.15) is 0 Å². The van der Waals surface area contributed by atoms with Gasteiger partial charge in [0.1, 0.15) is 29.9 Å². The Hall–Kier alpha value is -3.08. The van der Waals surface area contributed by atoms with Crippen LogP contribution in [0.2, 0.25) is 0 Å². The van der Waals surface area contributed by atoms with Gasteiger partial charge in [-0.15, -0.1) is 0 Å². The van der Waals surface area contributed by atoms with Crippen molar-refractivity contribution in [2.24, 2.45) is 10.8 Å². The Kier molecular flexibility index (Phi) is 18.0. The Morgan fingerprint density at radius 3 is 2.11 bits per heavy atom. The lowest BCUT2D eigenvalue weighted by Crippen LogP contribution is -2.63. The van der Waals surface area contributed by atoms with Crippen LogP contribution in [0.1, 0.15) is 114 Å². The number of carbonyl (C=O) groups excluding carboxylic acids is 2. The number of hydrogen-bond donors (Lipinski definition) is 2. The van der Waals surface area contributed by atoms with Crippen molar-refractivity contribution in [3.05, 3.63) is 27.8 Å². The van der Waals surface area contributed by atoms with Crippen LogP contribution in [0, 0.1) is 20.9 Å². The Morgan fingerprint density at radius 2 is 1.55 bits per heavy atom. The topological polar surface area (TPSA) is 175 Å². The second-order valence-electron chi connectivity index (χ2n) is 18.0. The molecule has 1 aromatic rings. The number of nitro benzene ring substituents is 1. The van der Waals surface area contributed by atoms with Gasteiger partial charge in [-0.25, -0.2) is 0 Å². The maximum absolute atomic E-state index is 13.6. The Balaban J connectivity index is 1.92. The minimum absolute atomic E-state index is 0.000705. The minimum Gasteiger partial charge on any atom is -0.493 e. The van der Waals surface area contributed by atoms with Gasteiger partial charge in [0, 0.05) is 6.61 Å². The number of likely N-dealkylation sites (N-methyl/N-ethyl adjacent to an activating group) is 1. The fourth-order valence-electron chi connectivity index (χ4n) is 5.83. The number of nitrogens with one attached hydrogen (secondary N) is 2. The second-order valence-corrected chi connectivity index (χ2v) is 18.0. The first-order valence-corrected chi connectivity index (χ1v) is 19.6. The van der Waals surface area contributed by atoms with E-state index in [1.54, 1.807) is 7.05 Å². The van der Waals surface area contributed by atoms with Crippen molar-refractivity contribution in [3.8, 4) is 11.5 Å². The van der Waals surface area contributed by atoms with E-state index in [-0.39, 0.29) is 62.6 Å². The molecule has 56 heavy (non-hydrogen) atoms. The molecule has 2 N–H and O–H groups in total. The summed E-state index contributed by atoms with van der Waals surface area (Å²) < 4.78 is 45.8. The first-order chi connectivity index (χ1) is 25.8. The van der Waals surface area contributed by atoms with Gasteiger partial charge in [-0.1, -0.05) is 34.6 Å². The van der Waals surface area contributed by atoms with Crippen LogP contribution in [0.15, 0.2) is 12.1 Å². The van der Waals surface area contributed by atoms with Crippen LogP contribution in [-0.2, 0) is 44.6 Å². The summed E-state index contributed by atoms with van der Waals surface area (Å²) in [6.07, 6.45) is 2.82. The van der Waals surface area contributed by atoms with Gasteiger partial charge in [0.05, 0.1) is 55.7 Å². The van der Waals surface area contributed by atoms with Crippen LogP contribution in [-0.4, -0.2) is 106 Å². The van der Waals surface area contributed by atoms with Crippen LogP contribution in [0.3, 0.4) is 0 Å². The predicted molar refractivity (Wildman–Crippen MR) is 213 cm³/mol. The van der Waals surface area contributed by atoms with E-state index in [0.29, 0.717) is 30.9 Å². The fourth-order valence-corrected chi connectivity index (χ4v) is 5.83. The molecule has 2 rings (SSSR count). The molecule has 1 fully saturated rings. The fraction of sp³-hybridized carbons (Fsp3) is 0.805. The summed E-state index contributed by atoms with van der Waals surface area (Å²) in [7, 11) is 3.20. The molecule has 1 heterocycles. The molecule has 0 saturated carbocycles. The zero-order chi connectivity index (χ0) is 42.6. The summed E-state index contributed by atoms with van der Waals surface area (Å²) in [5, 5.41) is 18.5. The average molecular weight is 798 g/mol. The third kappa shape index (κ3) is 14.1. The predicted octanol–water partition coefficient (Wildman–Crippen LogP) is 6.51. The summed E-state index contributed by atoms with van der Waals surface area (Å²) in [6, 6.07) is 2.86. The van der Waals surface area contributed by atoms with Crippen molar-refractivity contribution in [1.29, 1.82) is 0 Å². The average Bonchev–Trinajstić information content (AvgIpc) is 3.11. The van der Waals surface area contributed by atoms with E-state index < -0.39 is 44.7 Å². The molecule has 0 bridgehead atoms. The summed E-state index contributed by atoms with van der Waals surface area (Å²) in [5.41, 5.74) is -4.25. The highest BCUT2D eigenvalue weighted by Crippen LogP contribution is 2.38. The van der Waals surface area contributed by atoms with E-state index in [4.69, 9.17) is 37.9 Å². The van der Waals surface area contributed by atoms with Crippen molar-refractivity contribution >= 4 is 17.6 Å². The van der Waals surface area contributed by atoms with Gasteiger partial charge in [0.2, 0.25) is 0 Å². The minimum atomic E-state index is -1.07. The van der Waals surface area contributed by atoms with Crippen molar-refractivity contribution in [3.63, 3.8) is 0 Å². The third-order valence-electron chi connectivity index (χ3n) is 10.7. The van der Waals surface area contributed by atoms with E-state index in [0.717, 1.165) is 19.3 Å². The third-order valence-corrected chi connectivity index (χ3v) is 10.7. The molecule has 1 saturated heterocycles. The van der Waals surface area contributed by atoms with Gasteiger partial charge < -0.3 is 48.5 Å². The molecular weight excluding hydrogens is 726 g/mol. The van der Waals surface area contributed by atoms with E-state index in [9.17, 15) is 19.7 Å². The van der Waals surface area contributed by atoms with Crippen LogP contribution in [0.25, 0.3) is 0 Å². The molecule has 322 valence electrons. The first-order valence-electron chi connectivity index (χ1n) is 19.6. The lowest BCUT2D eigenvalue weighted by molar-refractivity contribution is -0.386. The van der Waals surface area contributed by atoms with Gasteiger partial charge in [0.15, 0.2) is 17.8 Å². The molecule has 0 spiro atoms. The number of rotatable bonds is 23. The summed E-state index contributed by atoms with van der Waals surface area (Å²) in [5.74, 6) is -0.301. The van der Waals surface area contributed by atoms with Crippen LogP contribution in [0.4, 0.5) is 5.69 Å². The van der Waals surface area contributed by atoms with Crippen molar-refractivity contribution in [2.75, 3.05) is 60.3 Å². The zero-order valence-electron chi connectivity index (χ0n) is 36.6. The lowest BCUT2D eigenvalue weighted by atomic mass is 9.70. The standard InChI is InChI=1S/C41H71N3O12/c1-36(2,3)40(11,43-19-18-38(7,8)41(12,42-13)35(46)56-39(9,10)28-55-37(4,5)6)34(45)53-24-22-50-21-23-51-32-26-30(44(47)48)29(25-31(32)49-14)27-54-33-17-15-16-20-52-33/h25-26,33,42-43H,15-24,27-28H2,1-14H3. The summed E-state index contributed by atoms with van der Waals surface area (Å²) in [4.78, 5) is 38.6. The zero-order valence-corrected chi connectivity index (χ0v) is 36.6. The number of nitrogens with zero attached hydrogens (tertiary/aromatic N) is 1. The number of hydrogen-bond acceptors (Lipinski definition) is 14. The van der Waals surface area contributed by atoms with Crippen molar-refractivity contribution in [2.45, 2.75) is 144 Å². The van der Waals surface area contributed by atoms with Crippen LogP contribution in [0.5, 0.6) is 11.5 Å². The number of ether oxygens (including phenoxy) is 8. The molecule has 0 aliphatic carbocycles. The number of carbonyl (C=O) groups is 2. The van der Waals surface area contributed by atoms with Crippen LogP contribution < -0.4 is 20.1 Å². The second kappa shape index (κ2) is 20.6. The van der Waals surface area contributed by atoms with E-state index in [1.165, 1.54) is 19.2 Å². The SMILES string of the molecule is CNC(C)(C(=O)OC(C)(C)COC(C)(C)C)C(C)(C)CCNC(C)(C(=O)OCCOCCOc1cc([N+](=O)[O-])c(COC2CCCCO2)cc1OC)C(C)(C)C. The van der Waals surface area contributed by atoms with Crippen molar-refractivity contribution in [1.82, 2.24) is 10.6 Å². The largest absolute Gasteiger partial charge is 0.493 e. The number of esters is 2. The molecule has 0 aromatic heterocycles. The van der Waals surface area contributed by atoms with Crippen LogP contribution >= 0.6 is 0 Å². The molecule has 0 radical (unpaired) electrons. The smallest absolute Gasteiger partial charge is 0.327 e. The summed E-state index contributed by atoms with van der Waals surface area (Å²) in [6.45, 7) is 24.6. The normalized spacial score (nSPS) is 17.7. The highest BCUT2D eigenvalue weighted by Gasteiger charge is 2.50. The number of benzene rings is 1. The lowest BCUT2D eigenvalue weighted by Gasteiger charge is -2.45. The van der Waals surface area contributed by atoms with Gasteiger partial charge in [0.25, 0.3) is 5.69 Å². The molecule has 1 aromatic carbocycles. The number of nitro groups is 1. The molecule has 3 atom stereocenters. The maximum Gasteiger partial charge on any atom is 0.327 e. The van der Waals surface area contributed by atoms with E-state index in [1.807, 2.05) is 83.1 Å². The molecule has 15 nitrogen and oxygen atoms in total. The molecule has 3 unspecified atom stereocenters. The van der Waals surface area contributed by atoms with E-state index in [2.05, 4.69) is 10.6 Å². The van der Waals surface area contributed by atoms with Gasteiger partial charge >= 0.3 is 11.9 Å². The molecule has 0 amide bonds. The molecule has 1 aliphatic rings. The number of methoxy groups -OCH3 is 1. The molecule has 15 heteroatoms. The maximum atomic E-state index is 13.6. The highest BCUT2D eigenvalue weighted by molar-refractivity contribution is 5.82. The van der Waals surface area contributed by atoms with Gasteiger partial charge in [-0.05, 0) is 105 Å². The van der Waals surface area contributed by atoms with Crippen molar-refractivity contribution < 1.29 is 52.4 Å². The Bertz CT molecular complexity index is 1430. The van der Waals surface area contributed by atoms with Gasteiger partial charge in [-0.3, -0.25) is 19.7 Å². The monoisotopic (exact) mass is 798 g/mol. The Morgan fingerprint density at radius 1 is 0.893 bits per heavy atom. The highest BCUT2D eigenvalue weighted by atomic mass is 16.7. The Labute approximate surface area is 334 Å². The molecule has 1 aliphatic heterocycles. The summed E-state index contributed by atoms with van der Waals surface area (Å²) >= 11 is 0.